The van der Waals surface area contributed by atoms with E-state index in [0.717, 1.165) is 0 Å². The van der Waals surface area contributed by atoms with Gasteiger partial charge in [-0.1, -0.05) is 18.2 Å². The predicted octanol–water partition coefficient (Wildman–Crippen LogP) is 1.60. The van der Waals surface area contributed by atoms with E-state index in [2.05, 4.69) is 10.6 Å². The molecule has 8 heteroatoms. The highest BCUT2D eigenvalue weighted by Crippen LogP contribution is 2.32. The molecule has 0 saturated carbocycles. The van der Waals surface area contributed by atoms with Crippen molar-refractivity contribution in [3.63, 3.8) is 0 Å². The van der Waals surface area contributed by atoms with Crippen molar-refractivity contribution in [2.75, 3.05) is 38.8 Å². The SMILES string of the molecule is COc1cccc(C(=O)NCCNC(=O)[C@H]2CC(=O)N(c3ccccc3OC)C2)c1. The summed E-state index contributed by atoms with van der Waals surface area (Å²) < 4.78 is 10.4. The summed E-state index contributed by atoms with van der Waals surface area (Å²) in [6.45, 7) is 0.841. The standard InChI is InChI=1S/C22H25N3O5/c1-29-17-7-5-6-15(12-17)21(27)23-10-11-24-22(28)16-13-20(26)25(14-16)18-8-3-4-9-19(18)30-2/h3-9,12,16H,10-11,13-14H2,1-2H3,(H,23,27)(H,24,28)/t16-/m0/s1. The molecule has 0 bridgehead atoms. The van der Waals surface area contributed by atoms with E-state index >= 15 is 0 Å². The average molecular weight is 411 g/mol. The molecule has 158 valence electrons. The molecule has 0 radical (unpaired) electrons. The van der Waals surface area contributed by atoms with E-state index in [1.165, 1.54) is 7.11 Å². The molecule has 0 unspecified atom stereocenters. The summed E-state index contributed by atoms with van der Waals surface area (Å²) in [5.41, 5.74) is 1.14. The van der Waals surface area contributed by atoms with Crippen LogP contribution in [0.3, 0.4) is 0 Å². The Labute approximate surface area is 175 Å². The summed E-state index contributed by atoms with van der Waals surface area (Å²) in [4.78, 5) is 38.6. The van der Waals surface area contributed by atoms with E-state index in [0.29, 0.717) is 29.3 Å². The lowest BCUT2D eigenvalue weighted by molar-refractivity contribution is -0.126. The Hall–Kier alpha value is -3.55. The lowest BCUT2D eigenvalue weighted by Gasteiger charge is -2.19. The fourth-order valence-electron chi connectivity index (χ4n) is 3.34. The lowest BCUT2D eigenvalue weighted by Crippen LogP contribution is -2.38. The van der Waals surface area contributed by atoms with Crippen LogP contribution < -0.4 is 25.0 Å². The van der Waals surface area contributed by atoms with Gasteiger partial charge in [-0.15, -0.1) is 0 Å². The molecule has 3 rings (SSSR count). The molecule has 1 fully saturated rings. The number of carbonyl (C=O) groups is 3. The first kappa shape index (κ1) is 21.2. The van der Waals surface area contributed by atoms with Crippen molar-refractivity contribution in [3.05, 3.63) is 54.1 Å². The van der Waals surface area contributed by atoms with Crippen LogP contribution in [0.15, 0.2) is 48.5 Å². The predicted molar refractivity (Wildman–Crippen MR) is 112 cm³/mol. The van der Waals surface area contributed by atoms with Crippen LogP contribution in [0.5, 0.6) is 11.5 Å². The van der Waals surface area contributed by atoms with Gasteiger partial charge in [-0.25, -0.2) is 0 Å². The molecule has 1 heterocycles. The van der Waals surface area contributed by atoms with Crippen LogP contribution in [0.25, 0.3) is 0 Å². The number of methoxy groups -OCH3 is 2. The number of amides is 3. The van der Waals surface area contributed by atoms with Crippen LogP contribution in [-0.4, -0.2) is 51.6 Å². The van der Waals surface area contributed by atoms with Crippen LogP contribution >= 0.6 is 0 Å². The summed E-state index contributed by atoms with van der Waals surface area (Å²) >= 11 is 0. The minimum Gasteiger partial charge on any atom is -0.497 e. The third-order valence-corrected chi connectivity index (χ3v) is 4.91. The summed E-state index contributed by atoms with van der Waals surface area (Å²) in [6, 6.07) is 14.1. The zero-order chi connectivity index (χ0) is 21.5. The van der Waals surface area contributed by atoms with Crippen LogP contribution in [0.1, 0.15) is 16.8 Å². The lowest BCUT2D eigenvalue weighted by atomic mass is 10.1. The summed E-state index contributed by atoms with van der Waals surface area (Å²) in [6.07, 6.45) is 0.139. The number of hydrogen-bond acceptors (Lipinski definition) is 5. The average Bonchev–Trinajstić information content (AvgIpc) is 3.17. The van der Waals surface area contributed by atoms with Crippen molar-refractivity contribution in [2.24, 2.45) is 5.92 Å². The third-order valence-electron chi connectivity index (χ3n) is 4.91. The van der Waals surface area contributed by atoms with Crippen LogP contribution in [-0.2, 0) is 9.59 Å². The van der Waals surface area contributed by atoms with Gasteiger partial charge in [0.15, 0.2) is 0 Å². The summed E-state index contributed by atoms with van der Waals surface area (Å²) in [5, 5.41) is 5.54. The van der Waals surface area contributed by atoms with E-state index < -0.39 is 5.92 Å². The van der Waals surface area contributed by atoms with Crippen LogP contribution in [0.4, 0.5) is 5.69 Å². The van der Waals surface area contributed by atoms with Gasteiger partial charge in [0.05, 0.1) is 25.8 Å². The van der Waals surface area contributed by atoms with Crippen LogP contribution in [0, 0.1) is 5.92 Å². The summed E-state index contributed by atoms with van der Waals surface area (Å²) in [7, 11) is 3.08. The molecule has 2 aromatic rings. The Balaban J connectivity index is 1.47. The first-order chi connectivity index (χ1) is 14.5. The molecule has 8 nitrogen and oxygen atoms in total. The van der Waals surface area contributed by atoms with Crippen molar-refractivity contribution < 1.29 is 23.9 Å². The van der Waals surface area contributed by atoms with Gasteiger partial charge >= 0.3 is 0 Å². The molecule has 0 spiro atoms. The second-order valence-corrected chi connectivity index (χ2v) is 6.86. The van der Waals surface area contributed by atoms with Gasteiger partial charge in [0.25, 0.3) is 5.91 Å². The Bertz CT molecular complexity index is 930. The molecule has 1 aliphatic rings. The molecular weight excluding hydrogens is 386 g/mol. The Morgan fingerprint density at radius 3 is 2.57 bits per heavy atom. The number of ether oxygens (including phenoxy) is 2. The highest BCUT2D eigenvalue weighted by molar-refractivity contribution is 6.01. The second-order valence-electron chi connectivity index (χ2n) is 6.86. The number of nitrogens with zero attached hydrogens (tertiary/aromatic N) is 1. The Morgan fingerprint density at radius 2 is 1.80 bits per heavy atom. The van der Waals surface area contributed by atoms with Crippen molar-refractivity contribution in [3.8, 4) is 11.5 Å². The molecule has 3 amide bonds. The number of para-hydroxylation sites is 2. The molecule has 1 saturated heterocycles. The maximum absolute atomic E-state index is 12.5. The largest absolute Gasteiger partial charge is 0.497 e. The first-order valence-electron chi connectivity index (χ1n) is 9.67. The zero-order valence-corrected chi connectivity index (χ0v) is 17.0. The normalized spacial score (nSPS) is 15.6. The maximum atomic E-state index is 12.5. The first-order valence-corrected chi connectivity index (χ1v) is 9.67. The van der Waals surface area contributed by atoms with Crippen LogP contribution in [0.2, 0.25) is 0 Å². The highest BCUT2D eigenvalue weighted by Gasteiger charge is 2.36. The van der Waals surface area contributed by atoms with Gasteiger partial charge in [0, 0.05) is 31.6 Å². The molecule has 1 atom stereocenters. The molecule has 0 aromatic heterocycles. The van der Waals surface area contributed by atoms with Crippen molar-refractivity contribution >= 4 is 23.4 Å². The number of carbonyl (C=O) groups excluding carboxylic acids is 3. The van der Waals surface area contributed by atoms with E-state index in [4.69, 9.17) is 9.47 Å². The minimum absolute atomic E-state index is 0.119. The van der Waals surface area contributed by atoms with Gasteiger partial charge < -0.3 is 25.0 Å². The third kappa shape index (κ3) is 4.89. The highest BCUT2D eigenvalue weighted by atomic mass is 16.5. The molecule has 0 aliphatic carbocycles. The van der Waals surface area contributed by atoms with Gasteiger partial charge in [-0.3, -0.25) is 14.4 Å². The van der Waals surface area contributed by atoms with Gasteiger partial charge in [-0.2, -0.15) is 0 Å². The van der Waals surface area contributed by atoms with Gasteiger partial charge in [0.2, 0.25) is 11.8 Å². The number of nitrogens with one attached hydrogen (secondary N) is 2. The Kier molecular flexibility index (Phi) is 6.90. The van der Waals surface area contributed by atoms with E-state index in [-0.39, 0.29) is 37.2 Å². The topological polar surface area (TPSA) is 97.0 Å². The van der Waals surface area contributed by atoms with E-state index in [9.17, 15) is 14.4 Å². The smallest absolute Gasteiger partial charge is 0.251 e. The number of hydrogen-bond donors (Lipinski definition) is 2. The van der Waals surface area contributed by atoms with Gasteiger partial charge in [-0.05, 0) is 30.3 Å². The van der Waals surface area contributed by atoms with Crippen molar-refractivity contribution in [2.45, 2.75) is 6.42 Å². The number of rotatable bonds is 8. The maximum Gasteiger partial charge on any atom is 0.251 e. The molecule has 2 aromatic carbocycles. The van der Waals surface area contributed by atoms with Crippen molar-refractivity contribution in [1.29, 1.82) is 0 Å². The van der Waals surface area contributed by atoms with E-state index in [1.807, 2.05) is 12.1 Å². The second kappa shape index (κ2) is 9.78. The monoisotopic (exact) mass is 411 g/mol. The van der Waals surface area contributed by atoms with Crippen molar-refractivity contribution in [1.82, 2.24) is 10.6 Å². The minimum atomic E-state index is -0.448. The fourth-order valence-corrected chi connectivity index (χ4v) is 3.34. The fraction of sp³-hybridized carbons (Fsp3) is 0.318. The Morgan fingerprint density at radius 1 is 1.03 bits per heavy atom. The molecule has 30 heavy (non-hydrogen) atoms. The molecule has 1 aliphatic heterocycles. The summed E-state index contributed by atoms with van der Waals surface area (Å²) in [5.74, 6) is 0.161. The van der Waals surface area contributed by atoms with Gasteiger partial charge in [0.1, 0.15) is 11.5 Å². The number of benzene rings is 2. The molecule has 2 N–H and O–H groups in total. The quantitative estimate of drug-likeness (QED) is 0.643. The van der Waals surface area contributed by atoms with E-state index in [1.54, 1.807) is 48.4 Å². The molecular formula is C22H25N3O5. The zero-order valence-electron chi connectivity index (χ0n) is 17.0. The number of anilines is 1.